The first-order valence-corrected chi connectivity index (χ1v) is 7.10. The highest BCUT2D eigenvalue weighted by atomic mass is 16.1. The summed E-state index contributed by atoms with van der Waals surface area (Å²) in [5, 5.41) is 0. The molecule has 1 heteroatoms. The van der Waals surface area contributed by atoms with Gasteiger partial charge in [0, 0.05) is 12.8 Å². The minimum Gasteiger partial charge on any atom is -0.299 e. The van der Waals surface area contributed by atoms with Crippen LogP contribution in [0.2, 0.25) is 0 Å². The van der Waals surface area contributed by atoms with Crippen molar-refractivity contribution in [3.8, 4) is 0 Å². The third-order valence-electron chi connectivity index (χ3n) is 3.86. The molecule has 0 aliphatic carbocycles. The van der Waals surface area contributed by atoms with E-state index in [9.17, 15) is 4.79 Å². The Bertz CT molecular complexity index is 615. The standard InChI is InChI=1S/C19H22O/c1-13-9-15(3)19(16(4)10-13)12-18(20)11-17-8-6-5-7-14(17)2/h5-10H,11-12H2,1-4H3. The van der Waals surface area contributed by atoms with E-state index in [0.717, 1.165) is 5.56 Å². The molecule has 104 valence electrons. The van der Waals surface area contributed by atoms with E-state index in [2.05, 4.69) is 45.9 Å². The van der Waals surface area contributed by atoms with Crippen molar-refractivity contribution < 1.29 is 4.79 Å². The molecule has 0 aliphatic rings. The molecule has 0 saturated carbocycles. The van der Waals surface area contributed by atoms with Crippen molar-refractivity contribution in [2.45, 2.75) is 40.5 Å². The Hall–Kier alpha value is -1.89. The molecule has 0 amide bonds. The molecule has 20 heavy (non-hydrogen) atoms. The third-order valence-corrected chi connectivity index (χ3v) is 3.86. The highest BCUT2D eigenvalue weighted by molar-refractivity contribution is 5.84. The predicted molar refractivity (Wildman–Crippen MR) is 84.2 cm³/mol. The number of hydrogen-bond donors (Lipinski definition) is 0. The van der Waals surface area contributed by atoms with Crippen LogP contribution in [-0.4, -0.2) is 5.78 Å². The first-order valence-electron chi connectivity index (χ1n) is 7.10. The van der Waals surface area contributed by atoms with Crippen molar-refractivity contribution in [3.63, 3.8) is 0 Å². The zero-order valence-electron chi connectivity index (χ0n) is 12.8. The predicted octanol–water partition coefficient (Wildman–Crippen LogP) is 4.27. The number of aryl methyl sites for hydroxylation is 4. The number of ketones is 1. The summed E-state index contributed by atoms with van der Waals surface area (Å²) < 4.78 is 0. The van der Waals surface area contributed by atoms with E-state index in [1.807, 2.05) is 18.2 Å². The lowest BCUT2D eigenvalue weighted by Crippen LogP contribution is -2.10. The number of Topliss-reactive ketones (excluding diaryl/α,β-unsaturated/α-hetero) is 1. The van der Waals surface area contributed by atoms with Crippen LogP contribution in [0.4, 0.5) is 0 Å². The van der Waals surface area contributed by atoms with E-state index in [1.165, 1.54) is 27.8 Å². The zero-order valence-corrected chi connectivity index (χ0v) is 12.8. The van der Waals surface area contributed by atoms with E-state index in [-0.39, 0.29) is 5.78 Å². The monoisotopic (exact) mass is 266 g/mol. The van der Waals surface area contributed by atoms with Crippen LogP contribution in [0.5, 0.6) is 0 Å². The second-order valence-corrected chi connectivity index (χ2v) is 5.70. The van der Waals surface area contributed by atoms with Gasteiger partial charge in [-0.15, -0.1) is 0 Å². The van der Waals surface area contributed by atoms with Gasteiger partial charge >= 0.3 is 0 Å². The second kappa shape index (κ2) is 6.04. The summed E-state index contributed by atoms with van der Waals surface area (Å²) in [4.78, 5) is 12.3. The molecule has 2 rings (SSSR count). The summed E-state index contributed by atoms with van der Waals surface area (Å²) in [6.45, 7) is 8.34. The van der Waals surface area contributed by atoms with Gasteiger partial charge in [0.25, 0.3) is 0 Å². The molecule has 1 nitrogen and oxygen atoms in total. The van der Waals surface area contributed by atoms with Crippen molar-refractivity contribution in [1.82, 2.24) is 0 Å². The van der Waals surface area contributed by atoms with Gasteiger partial charge in [-0.05, 0) is 55.5 Å². The smallest absolute Gasteiger partial charge is 0.141 e. The highest BCUT2D eigenvalue weighted by Gasteiger charge is 2.11. The normalized spacial score (nSPS) is 10.6. The first-order chi connectivity index (χ1) is 9.47. The lowest BCUT2D eigenvalue weighted by molar-refractivity contribution is -0.117. The highest BCUT2D eigenvalue weighted by Crippen LogP contribution is 2.18. The molecule has 0 bridgehead atoms. The van der Waals surface area contributed by atoms with Crippen LogP contribution < -0.4 is 0 Å². The largest absolute Gasteiger partial charge is 0.299 e. The average Bonchev–Trinajstić information content (AvgIpc) is 2.36. The van der Waals surface area contributed by atoms with Gasteiger partial charge in [0.2, 0.25) is 0 Å². The minimum absolute atomic E-state index is 0.286. The van der Waals surface area contributed by atoms with Crippen LogP contribution in [0.25, 0.3) is 0 Å². The van der Waals surface area contributed by atoms with Crippen LogP contribution in [0.1, 0.15) is 33.4 Å². The van der Waals surface area contributed by atoms with Crippen molar-refractivity contribution in [2.75, 3.05) is 0 Å². The third kappa shape index (κ3) is 3.36. The number of rotatable bonds is 4. The molecular weight excluding hydrogens is 244 g/mol. The topological polar surface area (TPSA) is 17.1 Å². The molecule has 0 fully saturated rings. The van der Waals surface area contributed by atoms with Gasteiger partial charge in [0.15, 0.2) is 0 Å². The Morgan fingerprint density at radius 2 is 1.45 bits per heavy atom. The van der Waals surface area contributed by atoms with Gasteiger partial charge in [-0.1, -0.05) is 42.0 Å². The average molecular weight is 266 g/mol. The van der Waals surface area contributed by atoms with Crippen LogP contribution >= 0.6 is 0 Å². The summed E-state index contributed by atoms with van der Waals surface area (Å²) in [6.07, 6.45) is 1.06. The molecule has 0 saturated heterocycles. The van der Waals surface area contributed by atoms with Gasteiger partial charge in [-0.2, -0.15) is 0 Å². The second-order valence-electron chi connectivity index (χ2n) is 5.70. The molecule has 0 aliphatic heterocycles. The fourth-order valence-corrected chi connectivity index (χ4v) is 2.77. The molecule has 0 heterocycles. The fraction of sp³-hybridized carbons (Fsp3) is 0.316. The molecule has 0 aromatic heterocycles. The van der Waals surface area contributed by atoms with Gasteiger partial charge in [-0.3, -0.25) is 4.79 Å². The first kappa shape index (κ1) is 14.5. The lowest BCUT2D eigenvalue weighted by atomic mass is 9.93. The van der Waals surface area contributed by atoms with Gasteiger partial charge in [0.1, 0.15) is 5.78 Å². The maximum Gasteiger partial charge on any atom is 0.141 e. The van der Waals surface area contributed by atoms with Crippen LogP contribution in [0, 0.1) is 27.7 Å². The van der Waals surface area contributed by atoms with Crippen molar-refractivity contribution >= 4 is 5.78 Å². The molecule has 0 atom stereocenters. The maximum atomic E-state index is 12.3. The molecule has 2 aromatic rings. The van der Waals surface area contributed by atoms with Crippen LogP contribution in [0.15, 0.2) is 36.4 Å². The molecule has 0 N–H and O–H groups in total. The Labute approximate surface area is 121 Å². The summed E-state index contributed by atoms with van der Waals surface area (Å²) in [7, 11) is 0. The van der Waals surface area contributed by atoms with Crippen molar-refractivity contribution in [3.05, 3.63) is 69.8 Å². The summed E-state index contributed by atoms with van der Waals surface area (Å²) in [5.41, 5.74) is 7.23. The van der Waals surface area contributed by atoms with Crippen LogP contribution in [0.3, 0.4) is 0 Å². The number of carbonyl (C=O) groups excluding carboxylic acids is 1. The van der Waals surface area contributed by atoms with Gasteiger partial charge in [-0.25, -0.2) is 0 Å². The number of benzene rings is 2. The van der Waals surface area contributed by atoms with Crippen molar-refractivity contribution in [2.24, 2.45) is 0 Å². The SMILES string of the molecule is Cc1cc(C)c(CC(=O)Cc2ccccc2C)c(C)c1. The number of hydrogen-bond acceptors (Lipinski definition) is 1. The molecule has 0 unspecified atom stereocenters. The molecular formula is C19H22O. The van der Waals surface area contributed by atoms with Crippen molar-refractivity contribution in [1.29, 1.82) is 0 Å². The van der Waals surface area contributed by atoms with E-state index >= 15 is 0 Å². The van der Waals surface area contributed by atoms with E-state index in [4.69, 9.17) is 0 Å². The Morgan fingerprint density at radius 3 is 2.05 bits per heavy atom. The summed E-state index contributed by atoms with van der Waals surface area (Å²) in [5.74, 6) is 0.286. The Morgan fingerprint density at radius 1 is 0.850 bits per heavy atom. The molecule has 0 spiro atoms. The fourth-order valence-electron chi connectivity index (χ4n) is 2.77. The zero-order chi connectivity index (χ0) is 14.7. The summed E-state index contributed by atoms with van der Waals surface area (Å²) in [6, 6.07) is 12.4. The van der Waals surface area contributed by atoms with E-state index < -0.39 is 0 Å². The molecule has 2 aromatic carbocycles. The number of carbonyl (C=O) groups is 1. The van der Waals surface area contributed by atoms with Gasteiger partial charge in [0.05, 0.1) is 0 Å². The van der Waals surface area contributed by atoms with E-state index in [0.29, 0.717) is 12.8 Å². The van der Waals surface area contributed by atoms with Crippen LogP contribution in [-0.2, 0) is 17.6 Å². The quantitative estimate of drug-likeness (QED) is 0.807. The van der Waals surface area contributed by atoms with Gasteiger partial charge < -0.3 is 0 Å². The summed E-state index contributed by atoms with van der Waals surface area (Å²) >= 11 is 0. The molecule has 0 radical (unpaired) electrons. The lowest BCUT2D eigenvalue weighted by Gasteiger charge is -2.11. The minimum atomic E-state index is 0.286. The Balaban J connectivity index is 2.15. The Kier molecular flexibility index (Phi) is 4.39. The van der Waals surface area contributed by atoms with E-state index in [1.54, 1.807) is 0 Å². The maximum absolute atomic E-state index is 12.3.